The van der Waals surface area contributed by atoms with Gasteiger partial charge in [0.25, 0.3) is 0 Å². The van der Waals surface area contributed by atoms with Crippen LogP contribution in [0.5, 0.6) is 0 Å². The van der Waals surface area contributed by atoms with Crippen LogP contribution in [0.2, 0.25) is 0 Å². The number of carbonyl (C=O) groups excluding carboxylic acids is 1. The lowest BCUT2D eigenvalue weighted by atomic mass is 10.2. The minimum Gasteiger partial charge on any atom is -0.326 e. The first kappa shape index (κ1) is 10.6. The van der Waals surface area contributed by atoms with E-state index < -0.39 is 17.5 Å². The predicted octanol–water partition coefficient (Wildman–Crippen LogP) is 1.38. The third-order valence-corrected chi connectivity index (χ3v) is 1.67. The third kappa shape index (κ3) is 2.26. The van der Waals surface area contributed by atoms with Crippen molar-refractivity contribution in [1.82, 2.24) is 0 Å². The summed E-state index contributed by atoms with van der Waals surface area (Å²) in [4.78, 5) is 10.6. The molecule has 0 aromatic heterocycles. The minimum absolute atomic E-state index is 0.0802. The Morgan fingerprint density at radius 3 is 2.57 bits per heavy atom. The molecule has 0 saturated carbocycles. The summed E-state index contributed by atoms with van der Waals surface area (Å²) < 4.78 is 26.2. The monoisotopic (exact) mass is 200 g/mol. The molecule has 0 fully saturated rings. The summed E-state index contributed by atoms with van der Waals surface area (Å²) in [5.41, 5.74) is 5.08. The molecule has 1 amide bonds. The van der Waals surface area contributed by atoms with Gasteiger partial charge in [0.05, 0.1) is 5.69 Å². The number of carbonyl (C=O) groups is 1. The van der Waals surface area contributed by atoms with Gasteiger partial charge in [-0.1, -0.05) is 0 Å². The average molecular weight is 200 g/mol. The molecule has 0 bridgehead atoms. The number of nitrogens with one attached hydrogen (secondary N) is 1. The smallest absolute Gasteiger partial charge is 0.221 e. The summed E-state index contributed by atoms with van der Waals surface area (Å²) in [5.74, 6) is -1.77. The summed E-state index contributed by atoms with van der Waals surface area (Å²) >= 11 is 0. The first-order valence-corrected chi connectivity index (χ1v) is 4.00. The van der Waals surface area contributed by atoms with Gasteiger partial charge < -0.3 is 11.1 Å². The molecule has 0 saturated heterocycles. The highest BCUT2D eigenvalue weighted by molar-refractivity contribution is 5.88. The fourth-order valence-electron chi connectivity index (χ4n) is 1.03. The van der Waals surface area contributed by atoms with E-state index in [2.05, 4.69) is 5.32 Å². The molecule has 76 valence electrons. The van der Waals surface area contributed by atoms with Gasteiger partial charge in [0.2, 0.25) is 5.91 Å². The zero-order valence-electron chi connectivity index (χ0n) is 7.60. The van der Waals surface area contributed by atoms with E-state index in [1.54, 1.807) is 0 Å². The maximum atomic E-state index is 13.1. The second kappa shape index (κ2) is 4.15. The van der Waals surface area contributed by atoms with Crippen LogP contribution in [-0.4, -0.2) is 5.91 Å². The highest BCUT2D eigenvalue weighted by atomic mass is 19.1. The molecular formula is C9H10F2N2O. The summed E-state index contributed by atoms with van der Waals surface area (Å²) in [6.45, 7) is 1.14. The van der Waals surface area contributed by atoms with E-state index in [4.69, 9.17) is 5.73 Å². The van der Waals surface area contributed by atoms with Crippen LogP contribution in [0.25, 0.3) is 0 Å². The average Bonchev–Trinajstić information content (AvgIpc) is 2.10. The van der Waals surface area contributed by atoms with Crippen LogP contribution in [-0.2, 0) is 11.3 Å². The quantitative estimate of drug-likeness (QED) is 0.757. The topological polar surface area (TPSA) is 55.1 Å². The Balaban J connectivity index is 3.08. The second-order valence-corrected chi connectivity index (χ2v) is 2.81. The SMILES string of the molecule is CC(=O)Nc1cc(F)c(CN)cc1F. The molecule has 0 atom stereocenters. The molecule has 0 unspecified atom stereocenters. The molecule has 1 aromatic rings. The van der Waals surface area contributed by atoms with E-state index in [0.717, 1.165) is 12.1 Å². The number of benzene rings is 1. The van der Waals surface area contributed by atoms with Crippen molar-refractivity contribution in [1.29, 1.82) is 0 Å². The van der Waals surface area contributed by atoms with Gasteiger partial charge in [-0.05, 0) is 6.07 Å². The van der Waals surface area contributed by atoms with Crippen molar-refractivity contribution in [3.63, 3.8) is 0 Å². The molecule has 0 aliphatic carbocycles. The summed E-state index contributed by atoms with van der Waals surface area (Å²) in [7, 11) is 0. The molecule has 1 aromatic carbocycles. The highest BCUT2D eigenvalue weighted by Crippen LogP contribution is 2.18. The number of hydrogen-bond acceptors (Lipinski definition) is 2. The molecule has 0 aliphatic heterocycles. The molecular weight excluding hydrogens is 190 g/mol. The van der Waals surface area contributed by atoms with E-state index >= 15 is 0 Å². The van der Waals surface area contributed by atoms with Gasteiger partial charge in [0.1, 0.15) is 11.6 Å². The van der Waals surface area contributed by atoms with Gasteiger partial charge in [-0.15, -0.1) is 0 Å². The Bertz CT molecular complexity index is 366. The van der Waals surface area contributed by atoms with E-state index in [0.29, 0.717) is 0 Å². The summed E-state index contributed by atoms with van der Waals surface area (Å²) in [6, 6.07) is 1.89. The lowest BCUT2D eigenvalue weighted by Crippen LogP contribution is -2.09. The van der Waals surface area contributed by atoms with Crippen LogP contribution in [0, 0.1) is 11.6 Å². The molecule has 0 heterocycles. The largest absolute Gasteiger partial charge is 0.326 e. The standard InChI is InChI=1S/C9H10F2N2O/c1-5(14)13-9-3-7(10)6(4-12)2-8(9)11/h2-3H,4,12H2,1H3,(H,13,14). The number of anilines is 1. The van der Waals surface area contributed by atoms with Crippen molar-refractivity contribution >= 4 is 11.6 Å². The maximum Gasteiger partial charge on any atom is 0.221 e. The molecule has 0 spiro atoms. The van der Waals surface area contributed by atoms with Crippen molar-refractivity contribution in [3.8, 4) is 0 Å². The van der Waals surface area contributed by atoms with Crippen LogP contribution >= 0.6 is 0 Å². The Morgan fingerprint density at radius 2 is 2.07 bits per heavy atom. The normalized spacial score (nSPS) is 10.0. The lowest BCUT2D eigenvalue weighted by molar-refractivity contribution is -0.114. The number of nitrogens with two attached hydrogens (primary N) is 1. The molecule has 0 aliphatic rings. The second-order valence-electron chi connectivity index (χ2n) is 2.81. The van der Waals surface area contributed by atoms with Crippen LogP contribution < -0.4 is 11.1 Å². The van der Waals surface area contributed by atoms with Gasteiger partial charge in [0, 0.05) is 25.1 Å². The van der Waals surface area contributed by atoms with Crippen LogP contribution in [0.1, 0.15) is 12.5 Å². The van der Waals surface area contributed by atoms with Gasteiger partial charge in [-0.3, -0.25) is 4.79 Å². The Hall–Kier alpha value is -1.49. The molecule has 5 heteroatoms. The van der Waals surface area contributed by atoms with Crippen LogP contribution in [0.15, 0.2) is 12.1 Å². The van der Waals surface area contributed by atoms with Crippen molar-refractivity contribution < 1.29 is 13.6 Å². The summed E-state index contributed by atoms with van der Waals surface area (Å²) in [6.07, 6.45) is 0. The zero-order chi connectivity index (χ0) is 10.7. The number of hydrogen-bond donors (Lipinski definition) is 2. The number of amides is 1. The van der Waals surface area contributed by atoms with Crippen molar-refractivity contribution in [2.45, 2.75) is 13.5 Å². The van der Waals surface area contributed by atoms with Gasteiger partial charge >= 0.3 is 0 Å². The first-order chi connectivity index (χ1) is 6.54. The molecule has 14 heavy (non-hydrogen) atoms. The molecule has 1 rings (SSSR count). The Labute approximate surface area is 79.9 Å². The van der Waals surface area contributed by atoms with Crippen LogP contribution in [0.4, 0.5) is 14.5 Å². The molecule has 3 nitrogen and oxygen atoms in total. The fraction of sp³-hybridized carbons (Fsp3) is 0.222. The van der Waals surface area contributed by atoms with Gasteiger partial charge in [0.15, 0.2) is 0 Å². The predicted molar refractivity (Wildman–Crippen MR) is 48.6 cm³/mol. The zero-order valence-corrected chi connectivity index (χ0v) is 7.60. The van der Waals surface area contributed by atoms with Crippen molar-refractivity contribution in [3.05, 3.63) is 29.3 Å². The van der Waals surface area contributed by atoms with E-state index in [1.807, 2.05) is 0 Å². The van der Waals surface area contributed by atoms with Crippen LogP contribution in [0.3, 0.4) is 0 Å². The lowest BCUT2D eigenvalue weighted by Gasteiger charge is -2.06. The Kier molecular flexibility index (Phi) is 3.14. The highest BCUT2D eigenvalue weighted by Gasteiger charge is 2.09. The number of halogens is 2. The van der Waals surface area contributed by atoms with E-state index in [1.165, 1.54) is 6.92 Å². The minimum atomic E-state index is -0.693. The molecule has 3 N–H and O–H groups in total. The van der Waals surface area contributed by atoms with E-state index in [9.17, 15) is 13.6 Å². The summed E-state index contributed by atoms with van der Waals surface area (Å²) in [5, 5.41) is 2.17. The maximum absolute atomic E-state index is 13.1. The first-order valence-electron chi connectivity index (χ1n) is 4.00. The van der Waals surface area contributed by atoms with Crippen molar-refractivity contribution in [2.24, 2.45) is 5.73 Å². The number of rotatable bonds is 2. The fourth-order valence-corrected chi connectivity index (χ4v) is 1.03. The Morgan fingerprint density at radius 1 is 1.43 bits per heavy atom. The van der Waals surface area contributed by atoms with Gasteiger partial charge in [-0.25, -0.2) is 8.78 Å². The third-order valence-electron chi connectivity index (χ3n) is 1.67. The van der Waals surface area contributed by atoms with Crippen molar-refractivity contribution in [2.75, 3.05) is 5.32 Å². The molecule has 0 radical (unpaired) electrons. The van der Waals surface area contributed by atoms with E-state index in [-0.39, 0.29) is 17.8 Å². The van der Waals surface area contributed by atoms with Gasteiger partial charge in [-0.2, -0.15) is 0 Å².